The second-order valence-electron chi connectivity index (χ2n) is 4.36. The van der Waals surface area contributed by atoms with Crippen molar-refractivity contribution in [3.8, 4) is 0 Å². The van der Waals surface area contributed by atoms with Gasteiger partial charge >= 0.3 is 0 Å². The van der Waals surface area contributed by atoms with Gasteiger partial charge in [-0.15, -0.1) is 11.3 Å². The van der Waals surface area contributed by atoms with Gasteiger partial charge in [-0.3, -0.25) is 4.79 Å². The van der Waals surface area contributed by atoms with Crippen LogP contribution in [0.2, 0.25) is 5.15 Å². The zero-order valence-electron chi connectivity index (χ0n) is 10.9. The molecule has 0 unspecified atom stereocenters. The molecule has 1 aromatic carbocycles. The van der Waals surface area contributed by atoms with Crippen LogP contribution in [0.5, 0.6) is 0 Å². The number of hydrogen-bond donors (Lipinski definition) is 1. The fourth-order valence-electron chi connectivity index (χ4n) is 1.90. The topological polar surface area (TPSA) is 54.9 Å². The third-order valence-corrected chi connectivity index (χ3v) is 4.06. The molecule has 2 heterocycles. The molecular formula is C14H9ClFN3OS. The molecular weight excluding hydrogens is 313 g/mol. The van der Waals surface area contributed by atoms with Crippen LogP contribution in [0.25, 0.3) is 10.2 Å². The summed E-state index contributed by atoms with van der Waals surface area (Å²) in [6.07, 6.45) is 0.962. The lowest BCUT2D eigenvalue weighted by Gasteiger charge is -2.06. The van der Waals surface area contributed by atoms with E-state index in [0.717, 1.165) is 27.5 Å². The zero-order valence-corrected chi connectivity index (χ0v) is 12.4. The molecule has 21 heavy (non-hydrogen) atoms. The van der Waals surface area contributed by atoms with Crippen molar-refractivity contribution in [1.82, 2.24) is 9.97 Å². The third kappa shape index (κ3) is 2.86. The minimum Gasteiger partial charge on any atom is -0.322 e. The molecule has 3 rings (SSSR count). The molecule has 0 bridgehead atoms. The summed E-state index contributed by atoms with van der Waals surface area (Å²) in [7, 11) is 0. The molecule has 1 N–H and O–H groups in total. The molecule has 0 saturated carbocycles. The minimum atomic E-state index is -0.616. The van der Waals surface area contributed by atoms with Crippen LogP contribution in [0.1, 0.15) is 15.4 Å². The first-order valence-electron chi connectivity index (χ1n) is 6.02. The van der Waals surface area contributed by atoms with E-state index in [9.17, 15) is 9.18 Å². The minimum absolute atomic E-state index is 0.00813. The highest BCUT2D eigenvalue weighted by Gasteiger charge is 2.13. The van der Waals surface area contributed by atoms with Crippen molar-refractivity contribution >= 4 is 44.7 Å². The zero-order chi connectivity index (χ0) is 15.0. The number of carbonyl (C=O) groups excluding carboxylic acids is 1. The second-order valence-corrected chi connectivity index (χ2v) is 5.95. The third-order valence-electron chi connectivity index (χ3n) is 2.80. The molecule has 0 aliphatic heterocycles. The first-order valence-corrected chi connectivity index (χ1v) is 7.22. The molecule has 7 heteroatoms. The van der Waals surface area contributed by atoms with Crippen LogP contribution in [0.15, 0.2) is 30.5 Å². The number of pyridine rings is 1. The molecule has 4 nitrogen and oxygen atoms in total. The van der Waals surface area contributed by atoms with Crippen molar-refractivity contribution in [3.05, 3.63) is 52.0 Å². The number of aromatic nitrogens is 2. The summed E-state index contributed by atoms with van der Waals surface area (Å²) in [5, 5.41) is 3.57. The largest absolute Gasteiger partial charge is 0.322 e. The number of aryl methyl sites for hydroxylation is 1. The Morgan fingerprint density at radius 3 is 3.00 bits per heavy atom. The Kier molecular flexibility index (Phi) is 3.57. The van der Waals surface area contributed by atoms with Gasteiger partial charge in [-0.2, -0.15) is 0 Å². The van der Waals surface area contributed by atoms with E-state index in [1.165, 1.54) is 0 Å². The molecule has 2 aromatic heterocycles. The van der Waals surface area contributed by atoms with Gasteiger partial charge in [0, 0.05) is 5.69 Å². The van der Waals surface area contributed by atoms with Crippen LogP contribution < -0.4 is 5.32 Å². The van der Waals surface area contributed by atoms with Gasteiger partial charge in [0.25, 0.3) is 5.91 Å². The molecule has 1 amide bonds. The summed E-state index contributed by atoms with van der Waals surface area (Å²) < 4.78 is 14.2. The van der Waals surface area contributed by atoms with E-state index < -0.39 is 11.7 Å². The smallest absolute Gasteiger partial charge is 0.258 e. The van der Waals surface area contributed by atoms with E-state index in [4.69, 9.17) is 11.6 Å². The number of thiazole rings is 1. The number of anilines is 1. The molecule has 0 radical (unpaired) electrons. The van der Waals surface area contributed by atoms with Crippen LogP contribution in [-0.4, -0.2) is 15.9 Å². The van der Waals surface area contributed by atoms with E-state index in [-0.39, 0.29) is 10.7 Å². The normalized spacial score (nSPS) is 10.8. The van der Waals surface area contributed by atoms with Gasteiger partial charge in [0.2, 0.25) is 0 Å². The number of nitrogens with one attached hydrogen (secondary N) is 1. The summed E-state index contributed by atoms with van der Waals surface area (Å²) in [5.41, 5.74) is 1.36. The molecule has 0 fully saturated rings. The van der Waals surface area contributed by atoms with Crippen molar-refractivity contribution < 1.29 is 9.18 Å². The van der Waals surface area contributed by atoms with E-state index in [0.29, 0.717) is 5.69 Å². The maximum atomic E-state index is 13.1. The average Bonchev–Trinajstić information content (AvgIpc) is 2.80. The maximum Gasteiger partial charge on any atom is 0.258 e. The van der Waals surface area contributed by atoms with Crippen molar-refractivity contribution in [1.29, 1.82) is 0 Å². The molecule has 0 aliphatic rings. The molecule has 0 aliphatic carbocycles. The van der Waals surface area contributed by atoms with Gasteiger partial charge in [-0.1, -0.05) is 11.6 Å². The number of rotatable bonds is 2. The van der Waals surface area contributed by atoms with Crippen LogP contribution in [0.3, 0.4) is 0 Å². The average molecular weight is 322 g/mol. The maximum absolute atomic E-state index is 13.1. The van der Waals surface area contributed by atoms with E-state index in [1.54, 1.807) is 23.5 Å². The Bertz CT molecular complexity index is 849. The summed E-state index contributed by atoms with van der Waals surface area (Å²) in [6, 6.07) is 6.45. The number of amides is 1. The Morgan fingerprint density at radius 2 is 2.19 bits per heavy atom. The van der Waals surface area contributed by atoms with E-state index in [1.807, 2.05) is 13.0 Å². The summed E-state index contributed by atoms with van der Waals surface area (Å²) in [6.45, 7) is 1.92. The quantitative estimate of drug-likeness (QED) is 0.725. The number of carbonyl (C=O) groups is 1. The number of nitrogens with zero attached hydrogens (tertiary/aromatic N) is 2. The molecule has 3 aromatic rings. The molecule has 0 spiro atoms. The SMILES string of the molecule is Cc1nc2cc(NC(=O)c3cc(F)cnc3Cl)ccc2s1. The van der Waals surface area contributed by atoms with Crippen LogP contribution >= 0.6 is 22.9 Å². The van der Waals surface area contributed by atoms with Gasteiger partial charge in [0.05, 0.1) is 27.0 Å². The van der Waals surface area contributed by atoms with Gasteiger partial charge < -0.3 is 5.32 Å². The van der Waals surface area contributed by atoms with Gasteiger partial charge in [0.15, 0.2) is 0 Å². The van der Waals surface area contributed by atoms with E-state index in [2.05, 4.69) is 15.3 Å². The van der Waals surface area contributed by atoms with Crippen molar-refractivity contribution in [2.24, 2.45) is 0 Å². The second kappa shape index (κ2) is 5.38. The lowest BCUT2D eigenvalue weighted by atomic mass is 10.2. The summed E-state index contributed by atoms with van der Waals surface area (Å²) >= 11 is 7.38. The Hall–Kier alpha value is -2.05. The van der Waals surface area contributed by atoms with Crippen LogP contribution in [0.4, 0.5) is 10.1 Å². The van der Waals surface area contributed by atoms with Gasteiger partial charge in [0.1, 0.15) is 11.0 Å². The highest BCUT2D eigenvalue weighted by atomic mass is 35.5. The number of benzene rings is 1. The molecule has 106 valence electrons. The fourth-order valence-corrected chi connectivity index (χ4v) is 2.90. The van der Waals surface area contributed by atoms with E-state index >= 15 is 0 Å². The van der Waals surface area contributed by atoms with Crippen LogP contribution in [-0.2, 0) is 0 Å². The number of halogens is 2. The van der Waals surface area contributed by atoms with Crippen molar-refractivity contribution in [3.63, 3.8) is 0 Å². The lowest BCUT2D eigenvalue weighted by molar-refractivity contribution is 0.102. The fraction of sp³-hybridized carbons (Fsp3) is 0.0714. The summed E-state index contributed by atoms with van der Waals surface area (Å²) in [4.78, 5) is 20.1. The first kappa shape index (κ1) is 13.9. The van der Waals surface area contributed by atoms with Crippen molar-refractivity contribution in [2.45, 2.75) is 6.92 Å². The first-order chi connectivity index (χ1) is 10.0. The molecule has 0 atom stereocenters. The standard InChI is InChI=1S/C14H9ClFN3OS/c1-7-18-11-5-9(2-3-12(11)21-7)19-14(20)10-4-8(16)6-17-13(10)15/h2-6H,1H3,(H,19,20). The Morgan fingerprint density at radius 1 is 1.38 bits per heavy atom. The predicted molar refractivity (Wildman–Crippen MR) is 81.5 cm³/mol. The van der Waals surface area contributed by atoms with Gasteiger partial charge in [-0.25, -0.2) is 14.4 Å². The Balaban J connectivity index is 1.90. The Labute approximate surface area is 128 Å². The molecule has 0 saturated heterocycles. The van der Waals surface area contributed by atoms with Crippen molar-refractivity contribution in [2.75, 3.05) is 5.32 Å². The number of hydrogen-bond acceptors (Lipinski definition) is 4. The van der Waals surface area contributed by atoms with Gasteiger partial charge in [-0.05, 0) is 31.2 Å². The lowest BCUT2D eigenvalue weighted by Crippen LogP contribution is -2.13. The highest BCUT2D eigenvalue weighted by Crippen LogP contribution is 2.25. The van der Waals surface area contributed by atoms with Crippen LogP contribution in [0, 0.1) is 12.7 Å². The monoisotopic (exact) mass is 321 g/mol. The summed E-state index contributed by atoms with van der Waals surface area (Å²) in [5.74, 6) is -1.13. The predicted octanol–water partition coefficient (Wildman–Crippen LogP) is 4.04. The number of fused-ring (bicyclic) bond motifs is 1. The highest BCUT2D eigenvalue weighted by molar-refractivity contribution is 7.18.